The van der Waals surface area contributed by atoms with Crippen molar-refractivity contribution in [3.05, 3.63) is 112 Å². The second kappa shape index (κ2) is 17.0. The van der Waals surface area contributed by atoms with Gasteiger partial charge in [-0.3, -0.25) is 14.4 Å². The third-order valence-electron chi connectivity index (χ3n) is 7.87. The molecule has 3 amide bonds. The highest BCUT2D eigenvalue weighted by molar-refractivity contribution is 8.00. The maximum absolute atomic E-state index is 13.6. The Morgan fingerprint density at radius 2 is 1.67 bits per heavy atom. The van der Waals surface area contributed by atoms with Crippen LogP contribution in [0.3, 0.4) is 0 Å². The minimum absolute atomic E-state index is 0.0524. The monoisotopic (exact) mass is 697 g/mol. The van der Waals surface area contributed by atoms with Gasteiger partial charge >= 0.3 is 5.97 Å². The fourth-order valence-electron chi connectivity index (χ4n) is 5.38. The normalized spacial score (nSPS) is 13.3. The molecule has 0 spiro atoms. The number of benzene rings is 3. The Morgan fingerprint density at radius 3 is 2.41 bits per heavy atom. The van der Waals surface area contributed by atoms with Crippen molar-refractivity contribution in [2.75, 3.05) is 24.4 Å². The molecule has 5 rings (SSSR count). The number of anilines is 2. The van der Waals surface area contributed by atoms with E-state index in [1.54, 1.807) is 93.8 Å². The first-order chi connectivity index (χ1) is 23.7. The summed E-state index contributed by atoms with van der Waals surface area (Å²) in [5, 5.41) is 8.65. The summed E-state index contributed by atoms with van der Waals surface area (Å²) < 4.78 is 10.6. The van der Waals surface area contributed by atoms with Crippen molar-refractivity contribution in [1.82, 2.24) is 5.32 Å². The molecular formula is C38H39N3O6S2. The second-order valence-corrected chi connectivity index (χ2v) is 13.9. The first kappa shape index (κ1) is 35.4. The van der Waals surface area contributed by atoms with E-state index in [1.807, 2.05) is 12.1 Å². The molecule has 1 aromatic heterocycles. The Hall–Kier alpha value is -4.87. The quantitative estimate of drug-likeness (QED) is 0.0599. The Kier molecular flexibility index (Phi) is 12.3. The molecule has 0 saturated carbocycles. The molecule has 1 aliphatic rings. The van der Waals surface area contributed by atoms with Gasteiger partial charge in [-0.2, -0.15) is 0 Å². The summed E-state index contributed by atoms with van der Waals surface area (Å²) in [6.07, 6.45) is 6.45. The van der Waals surface area contributed by atoms with Crippen LogP contribution in [0.4, 0.5) is 10.7 Å². The third kappa shape index (κ3) is 9.39. The molecule has 1 aliphatic carbocycles. The number of ether oxygens (including phenoxy) is 2. The number of hydrogen-bond donors (Lipinski definition) is 3. The smallest absolute Gasteiger partial charge is 0.341 e. The van der Waals surface area contributed by atoms with Gasteiger partial charge in [0.05, 0.1) is 24.5 Å². The Balaban J connectivity index is 1.29. The molecule has 11 heteroatoms. The summed E-state index contributed by atoms with van der Waals surface area (Å²) in [5.74, 6) is -0.918. The summed E-state index contributed by atoms with van der Waals surface area (Å²) >= 11 is 2.79. The number of methoxy groups -OCH3 is 1. The lowest BCUT2D eigenvalue weighted by Gasteiger charge is -2.14. The average molecular weight is 698 g/mol. The van der Waals surface area contributed by atoms with Crippen LogP contribution < -0.4 is 20.7 Å². The number of aryl methyl sites for hydroxylation is 1. The Labute approximate surface area is 294 Å². The summed E-state index contributed by atoms with van der Waals surface area (Å²) in [7, 11) is 1.57. The highest BCUT2D eigenvalue weighted by atomic mass is 32.2. The van der Waals surface area contributed by atoms with E-state index in [-0.39, 0.29) is 18.2 Å². The van der Waals surface area contributed by atoms with Crippen molar-refractivity contribution in [3.8, 4) is 5.75 Å². The molecular weight excluding hydrogens is 659 g/mol. The van der Waals surface area contributed by atoms with E-state index in [2.05, 4.69) is 16.0 Å². The molecule has 1 unspecified atom stereocenters. The van der Waals surface area contributed by atoms with Crippen molar-refractivity contribution >= 4 is 63.6 Å². The molecule has 49 heavy (non-hydrogen) atoms. The minimum atomic E-state index is -0.517. The van der Waals surface area contributed by atoms with Crippen LogP contribution in [0.2, 0.25) is 0 Å². The lowest BCUT2D eigenvalue weighted by Crippen LogP contribution is -2.30. The van der Waals surface area contributed by atoms with E-state index in [9.17, 15) is 19.2 Å². The van der Waals surface area contributed by atoms with Crippen LogP contribution in [0, 0.1) is 0 Å². The number of fused-ring (bicyclic) bond motifs is 1. The molecule has 4 aromatic rings. The second-order valence-electron chi connectivity index (χ2n) is 11.4. The minimum Gasteiger partial charge on any atom is -0.497 e. The lowest BCUT2D eigenvalue weighted by molar-refractivity contribution is -0.115. The number of hydrogen-bond acceptors (Lipinski definition) is 8. The molecule has 0 radical (unpaired) electrons. The number of esters is 1. The Bertz CT molecular complexity index is 1840. The number of nitrogens with one attached hydrogen (secondary N) is 3. The summed E-state index contributed by atoms with van der Waals surface area (Å²) in [6.45, 7) is 3.83. The van der Waals surface area contributed by atoms with Gasteiger partial charge in [-0.15, -0.1) is 23.1 Å². The van der Waals surface area contributed by atoms with E-state index in [0.717, 1.165) is 47.4 Å². The van der Waals surface area contributed by atoms with Gasteiger partial charge in [0.2, 0.25) is 5.91 Å². The number of rotatable bonds is 12. The number of amides is 3. The molecule has 1 atom stereocenters. The highest BCUT2D eigenvalue weighted by Crippen LogP contribution is 2.38. The van der Waals surface area contributed by atoms with Gasteiger partial charge in [-0.05, 0) is 99.2 Å². The molecule has 3 N–H and O–H groups in total. The van der Waals surface area contributed by atoms with Gasteiger partial charge in [0.1, 0.15) is 16.4 Å². The van der Waals surface area contributed by atoms with Gasteiger partial charge in [-0.25, -0.2) is 4.79 Å². The molecule has 9 nitrogen and oxygen atoms in total. The third-order valence-corrected chi connectivity index (χ3v) is 10.2. The molecule has 0 saturated heterocycles. The van der Waals surface area contributed by atoms with E-state index in [0.29, 0.717) is 33.1 Å². The van der Waals surface area contributed by atoms with E-state index < -0.39 is 23.0 Å². The number of thioether (sulfide) groups is 1. The van der Waals surface area contributed by atoms with Gasteiger partial charge in [-0.1, -0.05) is 42.8 Å². The zero-order chi connectivity index (χ0) is 34.8. The molecule has 1 heterocycles. The first-order valence-corrected chi connectivity index (χ1v) is 17.9. The predicted octanol–water partition coefficient (Wildman–Crippen LogP) is 7.73. The van der Waals surface area contributed by atoms with Crippen molar-refractivity contribution in [2.45, 2.75) is 56.1 Å². The number of thiophene rings is 1. The largest absolute Gasteiger partial charge is 0.497 e. The maximum atomic E-state index is 13.6. The van der Waals surface area contributed by atoms with E-state index >= 15 is 0 Å². The number of carbonyl (C=O) groups excluding carboxylic acids is 4. The van der Waals surface area contributed by atoms with E-state index in [4.69, 9.17) is 9.47 Å². The van der Waals surface area contributed by atoms with Crippen LogP contribution >= 0.6 is 23.1 Å². The number of carbonyl (C=O) groups is 4. The topological polar surface area (TPSA) is 123 Å². The van der Waals surface area contributed by atoms with Crippen molar-refractivity contribution in [3.63, 3.8) is 0 Å². The van der Waals surface area contributed by atoms with Gasteiger partial charge in [0.15, 0.2) is 0 Å². The van der Waals surface area contributed by atoms with Gasteiger partial charge in [0.25, 0.3) is 11.8 Å². The SMILES string of the molecule is CCOC(=O)c1c(NC(=O)C(C)Sc2cccc(NC(=O)/C(=C\c3ccc(OC)cc3)NC(=O)c3ccccc3)c2)sc2c1CCCCC2. The Morgan fingerprint density at radius 1 is 0.918 bits per heavy atom. The highest BCUT2D eigenvalue weighted by Gasteiger charge is 2.28. The summed E-state index contributed by atoms with van der Waals surface area (Å²) in [5.41, 5.74) is 3.13. The van der Waals surface area contributed by atoms with Crippen LogP contribution in [-0.2, 0) is 27.2 Å². The van der Waals surface area contributed by atoms with Crippen LogP contribution in [0.1, 0.15) is 69.8 Å². The molecule has 3 aromatic carbocycles. The van der Waals surface area contributed by atoms with Gasteiger partial charge < -0.3 is 25.4 Å². The standard InChI is InChI=1S/C38H39N3O6S2/c1-4-47-38(45)33-30-16-9-6-10-17-32(30)49-37(33)41-34(42)24(2)48-29-15-11-14-27(23-29)39-36(44)31(22-25-18-20-28(46-3)21-19-25)40-35(43)26-12-7-5-8-13-26/h5,7-8,11-15,18-24H,4,6,9-10,16-17H2,1-3H3,(H,39,44)(H,40,43)(H,41,42)/b31-22+. The lowest BCUT2D eigenvalue weighted by atomic mass is 10.1. The predicted molar refractivity (Wildman–Crippen MR) is 195 cm³/mol. The van der Waals surface area contributed by atoms with Crippen LogP contribution in [-0.4, -0.2) is 42.7 Å². The summed E-state index contributed by atoms with van der Waals surface area (Å²) in [4.78, 5) is 54.8. The molecule has 254 valence electrons. The molecule has 0 aliphatic heterocycles. The van der Waals surface area contributed by atoms with Crippen molar-refractivity contribution < 1.29 is 28.7 Å². The first-order valence-electron chi connectivity index (χ1n) is 16.2. The maximum Gasteiger partial charge on any atom is 0.341 e. The van der Waals surface area contributed by atoms with Crippen LogP contribution in [0.5, 0.6) is 5.75 Å². The molecule has 0 fully saturated rings. The van der Waals surface area contributed by atoms with Gasteiger partial charge in [0, 0.05) is 21.0 Å². The zero-order valence-electron chi connectivity index (χ0n) is 27.7. The summed E-state index contributed by atoms with van der Waals surface area (Å²) in [6, 6.07) is 22.9. The fourth-order valence-corrected chi connectivity index (χ4v) is 7.58. The fraction of sp³-hybridized carbons (Fsp3) is 0.263. The van der Waals surface area contributed by atoms with Crippen LogP contribution in [0.25, 0.3) is 6.08 Å². The average Bonchev–Trinajstić information content (AvgIpc) is 3.28. The zero-order valence-corrected chi connectivity index (χ0v) is 29.3. The molecule has 0 bridgehead atoms. The van der Waals surface area contributed by atoms with Crippen molar-refractivity contribution in [2.24, 2.45) is 0 Å². The van der Waals surface area contributed by atoms with Crippen molar-refractivity contribution in [1.29, 1.82) is 0 Å². The van der Waals surface area contributed by atoms with Crippen LogP contribution in [0.15, 0.2) is 89.5 Å². The van der Waals surface area contributed by atoms with E-state index in [1.165, 1.54) is 23.1 Å².